The van der Waals surface area contributed by atoms with Crippen molar-refractivity contribution in [2.45, 2.75) is 6.10 Å². The van der Waals surface area contributed by atoms with Gasteiger partial charge in [-0.1, -0.05) is 0 Å². The molecule has 0 aromatic heterocycles. The predicted octanol–water partition coefficient (Wildman–Crippen LogP) is -2.02. The minimum absolute atomic E-state index is 0. The molecule has 0 fully saturated rings. The quantitative estimate of drug-likeness (QED) is 0.339. The Morgan fingerprint density at radius 3 is 1.92 bits per heavy atom. The van der Waals surface area contributed by atoms with Crippen molar-refractivity contribution >= 4 is 77.0 Å². The van der Waals surface area contributed by atoms with Gasteiger partial charge in [-0.25, -0.2) is 4.57 Å². The van der Waals surface area contributed by atoms with Gasteiger partial charge in [0.25, 0.3) is 0 Å². The molecule has 0 rings (SSSR count). The van der Waals surface area contributed by atoms with Crippen LogP contribution in [0.2, 0.25) is 0 Å². The van der Waals surface area contributed by atoms with Crippen molar-refractivity contribution in [3.8, 4) is 0 Å². The van der Waals surface area contributed by atoms with E-state index in [0.29, 0.717) is 0 Å². The van der Waals surface area contributed by atoms with E-state index < -0.39 is 27.1 Å². The van der Waals surface area contributed by atoms with Gasteiger partial charge in [0.2, 0.25) is 0 Å². The van der Waals surface area contributed by atoms with Crippen LogP contribution in [0.4, 0.5) is 0 Å². The summed E-state index contributed by atoms with van der Waals surface area (Å²) in [5.41, 5.74) is 0. The third kappa shape index (κ3) is 20.4. The number of rotatable bonds is 4. The van der Waals surface area contributed by atoms with Crippen molar-refractivity contribution in [1.82, 2.24) is 0 Å². The van der Waals surface area contributed by atoms with Crippen molar-refractivity contribution in [3.63, 3.8) is 0 Å². The van der Waals surface area contributed by atoms with Crippen LogP contribution >= 0.6 is 7.82 Å². The minimum Gasteiger partial charge on any atom is -1.00 e. The molecule has 0 saturated heterocycles. The van der Waals surface area contributed by atoms with E-state index in [-0.39, 0.29) is 77.7 Å². The van der Waals surface area contributed by atoms with E-state index in [1.807, 2.05) is 0 Å². The molecule has 74 valence electrons. The van der Waals surface area contributed by atoms with Crippen LogP contribution in [0.1, 0.15) is 8.56 Å². The Bertz CT molecular complexity index is 156. The van der Waals surface area contributed by atoms with Gasteiger partial charge < -0.3 is 28.6 Å². The number of aliphatic hydroxyl groups excluding tert-OH is 2. The van der Waals surface area contributed by atoms with E-state index >= 15 is 0 Å². The van der Waals surface area contributed by atoms with Crippen LogP contribution in [0.25, 0.3) is 0 Å². The van der Waals surface area contributed by atoms with E-state index in [1.165, 1.54) is 0 Å². The summed E-state index contributed by atoms with van der Waals surface area (Å²) in [5.74, 6) is 0. The summed E-state index contributed by atoms with van der Waals surface area (Å²) in [6.45, 7) is -1.15. The molecule has 1 atom stereocenters. The average molecular weight is 251 g/mol. The Morgan fingerprint density at radius 1 is 1.31 bits per heavy atom. The van der Waals surface area contributed by atoms with Gasteiger partial charge in [0.15, 0.2) is 0 Å². The van der Waals surface area contributed by atoms with Crippen LogP contribution in [-0.4, -0.2) is 108 Å². The molecular weight excluding hydrogens is 236 g/mol. The van der Waals surface area contributed by atoms with Crippen molar-refractivity contribution in [1.29, 1.82) is 0 Å². The number of hydrogen-bond donors (Lipinski definition) is 4. The maximum atomic E-state index is 9.93. The van der Waals surface area contributed by atoms with E-state index in [1.54, 1.807) is 0 Å². The molecule has 13 heavy (non-hydrogen) atoms. The Kier molecular flexibility index (Phi) is 23.4. The molecule has 6 nitrogen and oxygen atoms in total. The zero-order valence-corrected chi connectivity index (χ0v) is 12.3. The number of phosphoric ester groups is 1. The SMILES string of the molecule is O=P(O)(O)OCC(O)CO.[H-].[H-].[H-].[H-].[H-].[H-].[Mg+2].[Mg+2].[Mg+2]. The van der Waals surface area contributed by atoms with E-state index in [2.05, 4.69) is 4.52 Å². The molecule has 0 aromatic rings. The average Bonchev–Trinajstić information content (AvgIpc) is 1.81. The summed E-state index contributed by atoms with van der Waals surface area (Å²) in [5, 5.41) is 16.7. The largest absolute Gasteiger partial charge is 2.00 e. The fraction of sp³-hybridized carbons (Fsp3) is 1.00. The summed E-state index contributed by atoms with van der Waals surface area (Å²) >= 11 is 0. The van der Waals surface area contributed by atoms with Gasteiger partial charge in [-0.15, -0.1) is 0 Å². The zero-order chi connectivity index (χ0) is 8.20. The molecule has 0 aliphatic heterocycles. The third-order valence-corrected chi connectivity index (χ3v) is 1.13. The van der Waals surface area contributed by atoms with Gasteiger partial charge in [0, 0.05) is 0 Å². The zero-order valence-electron chi connectivity index (χ0n) is 13.2. The second-order valence-corrected chi connectivity index (χ2v) is 2.86. The van der Waals surface area contributed by atoms with Gasteiger partial charge in [0.05, 0.1) is 13.2 Å². The van der Waals surface area contributed by atoms with Gasteiger partial charge in [0.1, 0.15) is 6.10 Å². The monoisotopic (exact) mass is 250 g/mol. The molecule has 0 heterocycles. The van der Waals surface area contributed by atoms with Gasteiger partial charge >= 0.3 is 77.0 Å². The Morgan fingerprint density at radius 2 is 1.69 bits per heavy atom. The summed E-state index contributed by atoms with van der Waals surface area (Å²) in [4.78, 5) is 16.1. The van der Waals surface area contributed by atoms with Crippen LogP contribution in [0, 0.1) is 0 Å². The molecule has 0 radical (unpaired) electrons. The van der Waals surface area contributed by atoms with Gasteiger partial charge in [-0.3, -0.25) is 4.52 Å². The van der Waals surface area contributed by atoms with Gasteiger partial charge in [-0.2, -0.15) is 0 Å². The van der Waals surface area contributed by atoms with E-state index in [4.69, 9.17) is 20.0 Å². The van der Waals surface area contributed by atoms with Crippen LogP contribution in [0.5, 0.6) is 0 Å². The normalized spacial score (nSPS) is 11.7. The maximum absolute atomic E-state index is 9.93. The Labute approximate surface area is 133 Å². The number of aliphatic hydroxyl groups is 2. The standard InChI is InChI=1S/C3H9O6P.3Mg.6H/c4-1-3(5)2-9-10(6,7)8;;;;;;;;;/h3-5H,1-2H2,(H2,6,7,8);;;;;;;;;/q;3*+2;6*-1. The molecule has 10 heteroatoms. The molecule has 0 aliphatic carbocycles. The number of phosphoric acid groups is 1. The third-order valence-electron chi connectivity index (χ3n) is 0.646. The fourth-order valence-corrected chi connectivity index (χ4v) is 0.602. The topological polar surface area (TPSA) is 107 Å². The maximum Gasteiger partial charge on any atom is 2.00 e. The molecule has 0 bridgehead atoms. The summed E-state index contributed by atoms with van der Waals surface area (Å²) in [6, 6.07) is 0. The first-order valence-corrected chi connectivity index (χ1v) is 3.98. The molecule has 4 N–H and O–H groups in total. The van der Waals surface area contributed by atoms with Crippen molar-refractivity contribution in [2.75, 3.05) is 13.2 Å². The van der Waals surface area contributed by atoms with E-state index in [9.17, 15) is 4.57 Å². The molecule has 0 aliphatic rings. The summed E-state index contributed by atoms with van der Waals surface area (Å²) in [7, 11) is -4.50. The van der Waals surface area contributed by atoms with Crippen molar-refractivity contribution in [3.05, 3.63) is 0 Å². The second-order valence-electron chi connectivity index (χ2n) is 1.62. The molecule has 0 aromatic carbocycles. The van der Waals surface area contributed by atoms with Crippen molar-refractivity contribution < 1.29 is 37.6 Å². The Balaban J connectivity index is -0.0000000112. The first-order valence-electron chi connectivity index (χ1n) is 2.44. The molecular formula is C3H15Mg3O6P. The molecule has 0 amide bonds. The molecule has 0 saturated carbocycles. The predicted molar refractivity (Wildman–Crippen MR) is 55.0 cm³/mol. The summed E-state index contributed by atoms with van der Waals surface area (Å²) in [6.07, 6.45) is -1.24. The fourth-order valence-electron chi connectivity index (χ4n) is 0.236. The van der Waals surface area contributed by atoms with Crippen molar-refractivity contribution in [2.24, 2.45) is 0 Å². The van der Waals surface area contributed by atoms with Crippen LogP contribution < -0.4 is 0 Å². The van der Waals surface area contributed by atoms with Gasteiger partial charge in [-0.05, 0) is 0 Å². The first-order chi connectivity index (χ1) is 4.45. The molecule has 0 spiro atoms. The van der Waals surface area contributed by atoms with Crippen LogP contribution in [0.3, 0.4) is 0 Å². The minimum atomic E-state index is -4.50. The van der Waals surface area contributed by atoms with Crippen LogP contribution in [0.15, 0.2) is 0 Å². The molecule has 1 unspecified atom stereocenters. The van der Waals surface area contributed by atoms with Crippen LogP contribution in [-0.2, 0) is 9.09 Å². The smallest absolute Gasteiger partial charge is 1.00 e. The number of hydrogen-bond acceptors (Lipinski definition) is 4. The van der Waals surface area contributed by atoms with E-state index in [0.717, 1.165) is 0 Å². The Hall–Kier alpha value is 2.33. The summed E-state index contributed by atoms with van der Waals surface area (Å²) < 4.78 is 13.8. The second kappa shape index (κ2) is 12.4. The first kappa shape index (κ1) is 24.5.